The zero-order valence-corrected chi connectivity index (χ0v) is 15.7. The van der Waals surface area contributed by atoms with Crippen molar-refractivity contribution in [2.75, 3.05) is 26.3 Å². The number of carbonyl (C=O) groups excluding carboxylic acids is 2. The molecule has 2 amide bonds. The summed E-state index contributed by atoms with van der Waals surface area (Å²) < 4.78 is 11.5. The van der Waals surface area contributed by atoms with Gasteiger partial charge in [-0.05, 0) is 56.7 Å². The number of hydrogen-bond acceptors (Lipinski definition) is 4. The van der Waals surface area contributed by atoms with Crippen molar-refractivity contribution in [3.05, 3.63) is 29.8 Å². The van der Waals surface area contributed by atoms with Gasteiger partial charge in [0.1, 0.15) is 11.9 Å². The monoisotopic (exact) mass is 372 g/mol. The summed E-state index contributed by atoms with van der Waals surface area (Å²) in [5.74, 6) is 1.12. The summed E-state index contributed by atoms with van der Waals surface area (Å²) in [5.41, 5.74) is 0.637. The maximum Gasteiger partial charge on any atom is 0.251 e. The van der Waals surface area contributed by atoms with Gasteiger partial charge < -0.3 is 19.7 Å². The van der Waals surface area contributed by atoms with E-state index in [9.17, 15) is 9.59 Å². The number of amides is 2. The van der Waals surface area contributed by atoms with Crippen molar-refractivity contribution in [3.8, 4) is 5.75 Å². The van der Waals surface area contributed by atoms with E-state index >= 15 is 0 Å². The van der Waals surface area contributed by atoms with Crippen LogP contribution in [-0.4, -0.2) is 55.2 Å². The lowest BCUT2D eigenvalue weighted by molar-refractivity contribution is -0.143. The summed E-state index contributed by atoms with van der Waals surface area (Å²) >= 11 is 0. The molecule has 1 saturated carbocycles. The van der Waals surface area contributed by atoms with Crippen molar-refractivity contribution in [1.29, 1.82) is 0 Å². The maximum atomic E-state index is 12.5. The summed E-state index contributed by atoms with van der Waals surface area (Å²) in [6.45, 7) is 2.79. The third-order valence-corrected chi connectivity index (χ3v) is 5.53. The maximum absolute atomic E-state index is 12.5. The van der Waals surface area contributed by atoms with Crippen LogP contribution in [0, 0.1) is 5.92 Å². The minimum Gasteiger partial charge on any atom is -0.493 e. The molecular weight excluding hydrogens is 344 g/mol. The van der Waals surface area contributed by atoms with E-state index in [4.69, 9.17) is 9.47 Å². The Bertz CT molecular complexity index is 683. The zero-order chi connectivity index (χ0) is 18.6. The van der Waals surface area contributed by atoms with Crippen molar-refractivity contribution in [2.45, 2.75) is 50.7 Å². The standard InChI is InChI=1S/C21H28N2O4/c24-20(22-17-8-9-17)16-5-1-6-18(12-16)27-14-15-4-2-10-23(13-15)21(25)19-7-3-11-26-19/h1,5-6,12,15,17,19H,2-4,7-11,13-14H2,(H,22,24)/t15-,19+/m1/s1. The number of likely N-dealkylation sites (tertiary alicyclic amines) is 1. The summed E-state index contributed by atoms with van der Waals surface area (Å²) in [7, 11) is 0. The van der Waals surface area contributed by atoms with Crippen LogP contribution in [0.25, 0.3) is 0 Å². The third kappa shape index (κ3) is 4.80. The minimum absolute atomic E-state index is 0.0334. The van der Waals surface area contributed by atoms with Crippen LogP contribution in [0.2, 0.25) is 0 Å². The second-order valence-corrected chi connectivity index (χ2v) is 7.88. The number of hydrogen-bond donors (Lipinski definition) is 1. The predicted octanol–water partition coefficient (Wildman–Crippen LogP) is 2.38. The fourth-order valence-electron chi connectivity index (χ4n) is 3.81. The average Bonchev–Trinajstić information content (AvgIpc) is 3.34. The first-order valence-corrected chi connectivity index (χ1v) is 10.1. The molecule has 4 rings (SSSR count). The van der Waals surface area contributed by atoms with Gasteiger partial charge in [0, 0.05) is 37.2 Å². The van der Waals surface area contributed by atoms with Crippen molar-refractivity contribution in [1.82, 2.24) is 10.2 Å². The van der Waals surface area contributed by atoms with Crippen LogP contribution in [0.3, 0.4) is 0 Å². The fraction of sp³-hybridized carbons (Fsp3) is 0.619. The molecule has 0 unspecified atom stereocenters. The summed E-state index contributed by atoms with van der Waals surface area (Å²) in [5, 5.41) is 3.00. The van der Waals surface area contributed by atoms with Gasteiger partial charge in [0.05, 0.1) is 6.61 Å². The Labute approximate surface area is 160 Å². The number of nitrogens with one attached hydrogen (secondary N) is 1. The number of piperidine rings is 1. The summed E-state index contributed by atoms with van der Waals surface area (Å²) in [4.78, 5) is 26.7. The molecule has 0 spiro atoms. The number of ether oxygens (including phenoxy) is 2. The number of carbonyl (C=O) groups is 2. The van der Waals surface area contributed by atoms with Crippen LogP contribution in [-0.2, 0) is 9.53 Å². The van der Waals surface area contributed by atoms with Gasteiger partial charge in [-0.2, -0.15) is 0 Å². The van der Waals surface area contributed by atoms with Gasteiger partial charge >= 0.3 is 0 Å². The van der Waals surface area contributed by atoms with E-state index in [0.717, 1.165) is 51.6 Å². The summed E-state index contributed by atoms with van der Waals surface area (Å²) in [6.07, 6.45) is 5.77. The molecule has 2 heterocycles. The van der Waals surface area contributed by atoms with Gasteiger partial charge in [-0.15, -0.1) is 0 Å². The smallest absolute Gasteiger partial charge is 0.251 e. The second kappa shape index (κ2) is 8.30. The van der Waals surface area contributed by atoms with Gasteiger partial charge in [-0.1, -0.05) is 6.07 Å². The Morgan fingerprint density at radius 2 is 2.07 bits per heavy atom. The highest BCUT2D eigenvalue weighted by atomic mass is 16.5. The molecule has 27 heavy (non-hydrogen) atoms. The molecule has 2 atom stereocenters. The lowest BCUT2D eigenvalue weighted by Gasteiger charge is -2.34. The number of rotatable bonds is 6. The Hall–Kier alpha value is -2.08. The molecule has 3 aliphatic rings. The fourth-order valence-corrected chi connectivity index (χ4v) is 3.81. The third-order valence-electron chi connectivity index (χ3n) is 5.53. The molecule has 2 aliphatic heterocycles. The van der Waals surface area contributed by atoms with Crippen LogP contribution in [0.5, 0.6) is 5.75 Å². The molecule has 1 aliphatic carbocycles. The van der Waals surface area contributed by atoms with Gasteiger partial charge in [-0.25, -0.2) is 0 Å². The first kappa shape index (κ1) is 18.3. The first-order chi connectivity index (χ1) is 13.2. The molecule has 146 valence electrons. The molecule has 0 radical (unpaired) electrons. The van der Waals surface area contributed by atoms with Crippen molar-refractivity contribution >= 4 is 11.8 Å². The molecule has 0 bridgehead atoms. The molecule has 6 heteroatoms. The number of benzene rings is 1. The lowest BCUT2D eigenvalue weighted by atomic mass is 9.98. The van der Waals surface area contributed by atoms with Crippen LogP contribution >= 0.6 is 0 Å². The minimum atomic E-state index is -0.244. The SMILES string of the molecule is O=C(NC1CC1)c1cccc(OC[C@@H]2CCCN(C(=O)[C@@H]3CCCO3)C2)c1. The van der Waals surface area contributed by atoms with Crippen LogP contribution in [0.1, 0.15) is 48.9 Å². The van der Waals surface area contributed by atoms with E-state index in [1.165, 1.54) is 0 Å². The molecule has 6 nitrogen and oxygen atoms in total. The topological polar surface area (TPSA) is 67.9 Å². The molecule has 2 saturated heterocycles. The average molecular weight is 372 g/mol. The molecular formula is C21H28N2O4. The first-order valence-electron chi connectivity index (χ1n) is 10.1. The molecule has 1 aromatic carbocycles. The van der Waals surface area contributed by atoms with Crippen molar-refractivity contribution in [2.24, 2.45) is 5.92 Å². The normalized spacial score (nSPS) is 25.3. The zero-order valence-electron chi connectivity index (χ0n) is 15.7. The van der Waals surface area contributed by atoms with E-state index in [2.05, 4.69) is 5.32 Å². The largest absolute Gasteiger partial charge is 0.493 e. The van der Waals surface area contributed by atoms with Crippen LogP contribution in [0.15, 0.2) is 24.3 Å². The molecule has 3 fully saturated rings. The molecule has 1 N–H and O–H groups in total. The number of nitrogens with zero attached hydrogens (tertiary/aromatic N) is 1. The van der Waals surface area contributed by atoms with Crippen LogP contribution < -0.4 is 10.1 Å². The molecule has 0 aromatic heterocycles. The van der Waals surface area contributed by atoms with Crippen LogP contribution in [0.4, 0.5) is 0 Å². The molecule has 1 aromatic rings. The van der Waals surface area contributed by atoms with Crippen molar-refractivity contribution in [3.63, 3.8) is 0 Å². The highest BCUT2D eigenvalue weighted by Gasteiger charge is 2.31. The van der Waals surface area contributed by atoms with E-state index in [1.54, 1.807) is 6.07 Å². The van der Waals surface area contributed by atoms with Gasteiger partial charge in [0.15, 0.2) is 0 Å². The highest BCUT2D eigenvalue weighted by molar-refractivity contribution is 5.94. The Morgan fingerprint density at radius 3 is 2.85 bits per heavy atom. The Kier molecular flexibility index (Phi) is 5.62. The summed E-state index contributed by atoms with van der Waals surface area (Å²) in [6, 6.07) is 7.69. The lowest BCUT2D eigenvalue weighted by Crippen LogP contribution is -2.45. The van der Waals surface area contributed by atoms with E-state index < -0.39 is 0 Å². The van der Waals surface area contributed by atoms with E-state index in [1.807, 2.05) is 23.1 Å². The van der Waals surface area contributed by atoms with E-state index in [-0.39, 0.29) is 17.9 Å². The van der Waals surface area contributed by atoms with E-state index in [0.29, 0.717) is 36.5 Å². The van der Waals surface area contributed by atoms with Gasteiger partial charge in [0.25, 0.3) is 11.8 Å². The second-order valence-electron chi connectivity index (χ2n) is 7.88. The van der Waals surface area contributed by atoms with Crippen molar-refractivity contribution < 1.29 is 19.1 Å². The van der Waals surface area contributed by atoms with Gasteiger partial charge in [-0.3, -0.25) is 9.59 Å². The quantitative estimate of drug-likeness (QED) is 0.833. The predicted molar refractivity (Wildman–Crippen MR) is 101 cm³/mol. The Morgan fingerprint density at radius 1 is 1.19 bits per heavy atom. The Balaban J connectivity index is 1.29. The highest BCUT2D eigenvalue weighted by Crippen LogP contribution is 2.23. The van der Waals surface area contributed by atoms with Gasteiger partial charge in [0.2, 0.25) is 0 Å².